The SMILES string of the molecule is CC(C)(C)c1csc(CC(CSc2ccccc2)NN)n1. The summed E-state index contributed by atoms with van der Waals surface area (Å²) in [5.41, 5.74) is 4.19. The lowest BCUT2D eigenvalue weighted by molar-refractivity contribution is 0.555. The number of thiazole rings is 1. The molecular formula is C16H23N3S2. The van der Waals surface area contributed by atoms with Gasteiger partial charge in [0.2, 0.25) is 0 Å². The van der Waals surface area contributed by atoms with Gasteiger partial charge in [-0.15, -0.1) is 23.1 Å². The monoisotopic (exact) mass is 321 g/mol. The second-order valence-corrected chi connectivity index (χ2v) is 8.10. The molecule has 0 aliphatic carbocycles. The van der Waals surface area contributed by atoms with Crippen molar-refractivity contribution in [3.63, 3.8) is 0 Å². The van der Waals surface area contributed by atoms with Crippen molar-refractivity contribution in [3.8, 4) is 0 Å². The maximum atomic E-state index is 5.69. The van der Waals surface area contributed by atoms with Gasteiger partial charge >= 0.3 is 0 Å². The minimum absolute atomic E-state index is 0.110. The van der Waals surface area contributed by atoms with Crippen LogP contribution in [-0.2, 0) is 11.8 Å². The highest BCUT2D eigenvalue weighted by Crippen LogP contribution is 2.25. The first-order chi connectivity index (χ1) is 9.99. The van der Waals surface area contributed by atoms with Crippen LogP contribution in [0.1, 0.15) is 31.5 Å². The highest BCUT2D eigenvalue weighted by molar-refractivity contribution is 7.99. The molecule has 114 valence electrons. The zero-order valence-electron chi connectivity index (χ0n) is 12.8. The van der Waals surface area contributed by atoms with E-state index >= 15 is 0 Å². The highest BCUT2D eigenvalue weighted by atomic mass is 32.2. The van der Waals surface area contributed by atoms with Crippen LogP contribution in [0.3, 0.4) is 0 Å². The fourth-order valence-electron chi connectivity index (χ4n) is 1.84. The molecule has 1 atom stereocenters. The molecular weight excluding hydrogens is 298 g/mol. The molecule has 21 heavy (non-hydrogen) atoms. The second-order valence-electron chi connectivity index (χ2n) is 6.07. The van der Waals surface area contributed by atoms with Gasteiger partial charge in [0.1, 0.15) is 0 Å². The van der Waals surface area contributed by atoms with Gasteiger partial charge in [0.05, 0.1) is 10.7 Å². The van der Waals surface area contributed by atoms with Crippen LogP contribution < -0.4 is 11.3 Å². The molecule has 2 aromatic rings. The molecule has 0 bridgehead atoms. The van der Waals surface area contributed by atoms with Gasteiger partial charge in [0, 0.05) is 33.9 Å². The average molecular weight is 322 g/mol. The first kappa shape index (κ1) is 16.5. The van der Waals surface area contributed by atoms with Crippen LogP contribution in [0, 0.1) is 0 Å². The molecule has 5 heteroatoms. The van der Waals surface area contributed by atoms with Gasteiger partial charge in [0.15, 0.2) is 0 Å². The molecule has 0 spiro atoms. The summed E-state index contributed by atoms with van der Waals surface area (Å²) in [6.45, 7) is 6.57. The number of thioether (sulfide) groups is 1. The molecule has 3 nitrogen and oxygen atoms in total. The van der Waals surface area contributed by atoms with Crippen molar-refractivity contribution in [2.45, 2.75) is 43.5 Å². The van der Waals surface area contributed by atoms with E-state index in [1.165, 1.54) is 4.90 Å². The van der Waals surface area contributed by atoms with Crippen molar-refractivity contribution in [2.24, 2.45) is 5.84 Å². The van der Waals surface area contributed by atoms with Crippen molar-refractivity contribution in [2.75, 3.05) is 5.75 Å². The number of nitrogens with two attached hydrogens (primary N) is 1. The van der Waals surface area contributed by atoms with Crippen molar-refractivity contribution >= 4 is 23.1 Å². The number of hydrogen-bond donors (Lipinski definition) is 2. The van der Waals surface area contributed by atoms with Crippen molar-refractivity contribution in [1.29, 1.82) is 0 Å². The van der Waals surface area contributed by atoms with E-state index in [1.54, 1.807) is 11.3 Å². The molecule has 0 radical (unpaired) electrons. The predicted octanol–water partition coefficient (Wildman–Crippen LogP) is 3.61. The van der Waals surface area contributed by atoms with Gasteiger partial charge in [-0.3, -0.25) is 11.3 Å². The third kappa shape index (κ3) is 5.11. The maximum Gasteiger partial charge on any atom is 0.0944 e. The molecule has 1 aromatic carbocycles. The highest BCUT2D eigenvalue weighted by Gasteiger charge is 2.18. The molecule has 1 aromatic heterocycles. The summed E-state index contributed by atoms with van der Waals surface area (Å²) in [5, 5.41) is 3.31. The van der Waals surface area contributed by atoms with Crippen LogP contribution >= 0.6 is 23.1 Å². The lowest BCUT2D eigenvalue weighted by atomic mass is 9.93. The van der Waals surface area contributed by atoms with Gasteiger partial charge in [-0.25, -0.2) is 4.98 Å². The van der Waals surface area contributed by atoms with Crippen molar-refractivity contribution in [1.82, 2.24) is 10.4 Å². The second kappa shape index (κ2) is 7.40. The minimum Gasteiger partial charge on any atom is -0.271 e. The largest absolute Gasteiger partial charge is 0.271 e. The van der Waals surface area contributed by atoms with Crippen LogP contribution in [0.15, 0.2) is 40.6 Å². The molecule has 0 aliphatic rings. The third-order valence-electron chi connectivity index (χ3n) is 3.17. The van der Waals surface area contributed by atoms with Crippen LogP contribution in [-0.4, -0.2) is 16.8 Å². The van der Waals surface area contributed by atoms with E-state index in [1.807, 2.05) is 17.8 Å². The Labute approximate surface area is 135 Å². The quantitative estimate of drug-likeness (QED) is 0.485. The summed E-state index contributed by atoms with van der Waals surface area (Å²) in [6, 6.07) is 10.6. The summed E-state index contributed by atoms with van der Waals surface area (Å²) in [5.74, 6) is 6.63. The van der Waals surface area contributed by atoms with Crippen LogP contribution in [0.25, 0.3) is 0 Å². The maximum absolute atomic E-state index is 5.69. The third-order valence-corrected chi connectivity index (χ3v) is 5.22. The number of aromatic nitrogens is 1. The molecule has 0 saturated carbocycles. The average Bonchev–Trinajstić information content (AvgIpc) is 2.93. The van der Waals surface area contributed by atoms with Crippen LogP contribution in [0.2, 0.25) is 0 Å². The molecule has 0 aliphatic heterocycles. The number of benzene rings is 1. The Kier molecular flexibility index (Phi) is 5.81. The smallest absolute Gasteiger partial charge is 0.0944 e. The van der Waals surface area contributed by atoms with E-state index in [0.717, 1.165) is 22.9 Å². The summed E-state index contributed by atoms with van der Waals surface area (Å²) < 4.78 is 0. The Bertz CT molecular complexity index is 546. The molecule has 0 saturated heterocycles. The Balaban J connectivity index is 1.91. The number of nitrogens with zero attached hydrogens (tertiary/aromatic N) is 1. The lowest BCUT2D eigenvalue weighted by Gasteiger charge is -2.15. The van der Waals surface area contributed by atoms with Crippen molar-refractivity contribution < 1.29 is 0 Å². The van der Waals surface area contributed by atoms with Gasteiger partial charge in [0.25, 0.3) is 0 Å². The summed E-state index contributed by atoms with van der Waals surface area (Å²) in [4.78, 5) is 6.01. The van der Waals surface area contributed by atoms with E-state index in [9.17, 15) is 0 Å². The lowest BCUT2D eigenvalue weighted by Crippen LogP contribution is -2.38. The fraction of sp³-hybridized carbons (Fsp3) is 0.438. The summed E-state index contributed by atoms with van der Waals surface area (Å²) in [7, 11) is 0. The number of nitrogens with one attached hydrogen (secondary N) is 1. The molecule has 0 amide bonds. The van der Waals surface area contributed by atoms with E-state index < -0.39 is 0 Å². The minimum atomic E-state index is 0.110. The molecule has 3 N–H and O–H groups in total. The van der Waals surface area contributed by atoms with Gasteiger partial charge in [-0.1, -0.05) is 39.0 Å². The molecule has 2 rings (SSSR count). The van der Waals surface area contributed by atoms with E-state index in [4.69, 9.17) is 10.8 Å². The van der Waals surface area contributed by atoms with Gasteiger partial charge < -0.3 is 0 Å². The number of hydrogen-bond acceptors (Lipinski definition) is 5. The molecule has 0 fully saturated rings. The Hall–Kier alpha value is -0.880. The Morgan fingerprint density at radius 3 is 2.57 bits per heavy atom. The van der Waals surface area contributed by atoms with Crippen LogP contribution in [0.5, 0.6) is 0 Å². The van der Waals surface area contributed by atoms with Gasteiger partial charge in [-0.05, 0) is 12.1 Å². The summed E-state index contributed by atoms with van der Waals surface area (Å²) in [6.07, 6.45) is 0.872. The Morgan fingerprint density at radius 2 is 2.00 bits per heavy atom. The van der Waals surface area contributed by atoms with Crippen LogP contribution in [0.4, 0.5) is 0 Å². The first-order valence-electron chi connectivity index (χ1n) is 7.08. The number of hydrazine groups is 1. The topological polar surface area (TPSA) is 50.9 Å². The predicted molar refractivity (Wildman–Crippen MR) is 92.8 cm³/mol. The zero-order chi connectivity index (χ0) is 15.3. The Morgan fingerprint density at radius 1 is 1.29 bits per heavy atom. The molecule has 1 unspecified atom stereocenters. The number of rotatable bonds is 6. The fourth-order valence-corrected chi connectivity index (χ4v) is 3.90. The van der Waals surface area contributed by atoms with E-state index in [-0.39, 0.29) is 11.5 Å². The van der Waals surface area contributed by atoms with E-state index in [0.29, 0.717) is 0 Å². The van der Waals surface area contributed by atoms with E-state index in [2.05, 4.69) is 55.8 Å². The zero-order valence-corrected chi connectivity index (χ0v) is 14.4. The molecule has 1 heterocycles. The normalized spacial score (nSPS) is 13.3. The standard InChI is InChI=1S/C16H23N3S2/c1-16(2,3)14-11-21-15(18-14)9-12(19-17)10-20-13-7-5-4-6-8-13/h4-8,11-12,19H,9-10,17H2,1-3H3. The summed E-state index contributed by atoms with van der Waals surface area (Å²) >= 11 is 3.54. The van der Waals surface area contributed by atoms with Gasteiger partial charge in [-0.2, -0.15) is 0 Å². The van der Waals surface area contributed by atoms with Crippen molar-refractivity contribution in [3.05, 3.63) is 46.4 Å². The first-order valence-corrected chi connectivity index (χ1v) is 8.94.